The Labute approximate surface area is 496 Å². The van der Waals surface area contributed by atoms with Crippen LogP contribution in [0.5, 0.6) is 34.5 Å². The van der Waals surface area contributed by atoms with Crippen LogP contribution in [0.2, 0.25) is 0 Å². The standard InChI is InChI=1S/C64H68O22/c1-7-54(65)76-32-11-9-30-74-46-22-18-44(19-23-46)61(71)84-52-28-26-48(38-50(52)56-64(86-56)81-37-36-79-58(68)41(5)6)82-59(69)42-14-13-15-43(17-16-42)60(70)83-49-27-29-53(51(39-49)63(73)80-35-34-78-57(67)40(3)4)85-62(72)45-20-24-47(25-21-45)75-31-10-12-33-77-55(66)8-2/h7-8,18-29,38-39,42-43,56,64H,1-3,5,9-17,30-37H2,4,6H3. The molecule has 4 aromatic carbocycles. The van der Waals surface area contributed by atoms with Crippen LogP contribution in [-0.4, -0.2) is 113 Å². The lowest BCUT2D eigenvalue weighted by atomic mass is 9.98. The first-order chi connectivity index (χ1) is 41.4. The minimum absolute atomic E-state index is 0.0220. The Morgan fingerprint density at radius 1 is 0.477 bits per heavy atom. The molecule has 2 aliphatic rings. The lowest BCUT2D eigenvalue weighted by molar-refractivity contribution is -0.141. The molecule has 0 spiro atoms. The highest BCUT2D eigenvalue weighted by Gasteiger charge is 2.44. The third-order valence-corrected chi connectivity index (χ3v) is 12.8. The average Bonchev–Trinajstić information content (AvgIpc) is 1.91. The van der Waals surface area contributed by atoms with E-state index in [1.54, 1.807) is 24.3 Å². The molecule has 6 rings (SSSR count). The molecule has 1 aliphatic carbocycles. The summed E-state index contributed by atoms with van der Waals surface area (Å²) in [7, 11) is 0. The van der Waals surface area contributed by atoms with Gasteiger partial charge in [-0.1, -0.05) is 32.7 Å². The quantitative estimate of drug-likeness (QED) is 0.00816. The van der Waals surface area contributed by atoms with Crippen LogP contribution in [0.25, 0.3) is 0 Å². The molecule has 1 saturated carbocycles. The van der Waals surface area contributed by atoms with E-state index in [-0.39, 0.29) is 103 Å². The molecule has 0 radical (unpaired) electrons. The molecule has 1 saturated heterocycles. The van der Waals surface area contributed by atoms with Gasteiger partial charge in [-0.2, -0.15) is 0 Å². The molecule has 4 atom stereocenters. The molecule has 0 bridgehead atoms. The van der Waals surface area contributed by atoms with Gasteiger partial charge in [0.15, 0.2) is 6.29 Å². The summed E-state index contributed by atoms with van der Waals surface area (Å²) in [4.78, 5) is 114. The van der Waals surface area contributed by atoms with Gasteiger partial charge in [0.25, 0.3) is 0 Å². The predicted octanol–water partition coefficient (Wildman–Crippen LogP) is 9.42. The summed E-state index contributed by atoms with van der Waals surface area (Å²) < 4.78 is 71.6. The fraction of sp³-hybridized carbons (Fsp3) is 0.359. The van der Waals surface area contributed by atoms with Crippen molar-refractivity contribution in [3.63, 3.8) is 0 Å². The van der Waals surface area contributed by atoms with E-state index in [0.717, 1.165) is 12.2 Å². The Balaban J connectivity index is 1.07. The number of rotatable bonds is 33. The maximum atomic E-state index is 13.8. The summed E-state index contributed by atoms with van der Waals surface area (Å²) in [6.07, 6.45) is 4.61. The van der Waals surface area contributed by atoms with Crippen LogP contribution in [0.1, 0.15) is 114 Å². The van der Waals surface area contributed by atoms with Crippen LogP contribution in [0.15, 0.2) is 135 Å². The van der Waals surface area contributed by atoms with Gasteiger partial charge in [0.1, 0.15) is 66.0 Å². The third-order valence-electron chi connectivity index (χ3n) is 12.8. The molecule has 22 heteroatoms. The lowest BCUT2D eigenvalue weighted by Crippen LogP contribution is -2.22. The molecule has 456 valence electrons. The Kier molecular flexibility index (Phi) is 25.8. The van der Waals surface area contributed by atoms with Crippen LogP contribution >= 0.6 is 0 Å². The van der Waals surface area contributed by atoms with Crippen molar-refractivity contribution in [1.29, 1.82) is 0 Å². The van der Waals surface area contributed by atoms with E-state index < -0.39 is 78.0 Å². The van der Waals surface area contributed by atoms with E-state index in [0.29, 0.717) is 75.2 Å². The summed E-state index contributed by atoms with van der Waals surface area (Å²) in [6, 6.07) is 20.6. The van der Waals surface area contributed by atoms with Crippen LogP contribution in [0.4, 0.5) is 0 Å². The molecular weight excluding hydrogens is 1120 g/mol. The molecule has 1 heterocycles. The maximum absolute atomic E-state index is 13.8. The van der Waals surface area contributed by atoms with Gasteiger partial charge in [-0.15, -0.1) is 0 Å². The van der Waals surface area contributed by atoms with E-state index in [4.69, 9.17) is 61.6 Å². The van der Waals surface area contributed by atoms with E-state index in [1.807, 2.05) is 0 Å². The van der Waals surface area contributed by atoms with Gasteiger partial charge in [-0.25, -0.2) is 33.6 Å². The van der Waals surface area contributed by atoms with Gasteiger partial charge < -0.3 is 61.6 Å². The lowest BCUT2D eigenvalue weighted by Gasteiger charge is -2.16. The monoisotopic (exact) mass is 1190 g/mol. The van der Waals surface area contributed by atoms with Gasteiger partial charge >= 0.3 is 53.7 Å². The Hall–Kier alpha value is -9.41. The number of epoxide rings is 1. The second kappa shape index (κ2) is 33.8. The SMILES string of the molecule is C=CC(=O)OCCCCOc1ccc(C(=O)Oc2ccc(OC(=O)C3CCCC(C(=O)Oc4ccc(OC(=O)c5ccc(OCCCCOC(=O)C=C)cc5)c(C5OC5OCCOC(=O)C(=C)C)c4)CC3)cc2C(=O)OCCOC(=O)C(=C)C)cc1. The Morgan fingerprint density at radius 3 is 1.42 bits per heavy atom. The fourth-order valence-electron chi connectivity index (χ4n) is 8.18. The van der Waals surface area contributed by atoms with Crippen molar-refractivity contribution in [2.45, 2.75) is 84.0 Å². The summed E-state index contributed by atoms with van der Waals surface area (Å²) >= 11 is 0. The molecule has 0 amide bonds. The zero-order chi connectivity index (χ0) is 62.0. The van der Waals surface area contributed by atoms with Gasteiger partial charge in [-0.3, -0.25) is 9.59 Å². The van der Waals surface area contributed by atoms with E-state index >= 15 is 0 Å². The van der Waals surface area contributed by atoms with Gasteiger partial charge in [-0.05, 0) is 150 Å². The molecular formula is C64H68O22. The molecule has 4 unspecified atom stereocenters. The highest BCUT2D eigenvalue weighted by atomic mass is 16.8. The van der Waals surface area contributed by atoms with Crippen molar-refractivity contribution in [3.05, 3.63) is 157 Å². The third kappa shape index (κ3) is 21.3. The van der Waals surface area contributed by atoms with Crippen LogP contribution in [0, 0.1) is 11.8 Å². The van der Waals surface area contributed by atoms with Gasteiger partial charge in [0.05, 0.1) is 56.0 Å². The van der Waals surface area contributed by atoms with Crippen molar-refractivity contribution >= 4 is 53.7 Å². The van der Waals surface area contributed by atoms with Crippen molar-refractivity contribution < 1.29 is 105 Å². The number of carbonyl (C=O) groups excluding carboxylic acids is 9. The van der Waals surface area contributed by atoms with Crippen LogP contribution in [0.3, 0.4) is 0 Å². The first kappa shape index (κ1) is 65.7. The Morgan fingerprint density at radius 2 is 0.919 bits per heavy atom. The highest BCUT2D eigenvalue weighted by molar-refractivity contribution is 5.97. The van der Waals surface area contributed by atoms with Gasteiger partial charge in [0.2, 0.25) is 0 Å². The number of unbranched alkanes of at least 4 members (excludes halogenated alkanes) is 2. The highest BCUT2D eigenvalue weighted by Crippen LogP contribution is 2.45. The molecule has 2 fully saturated rings. The second-order valence-corrected chi connectivity index (χ2v) is 19.5. The van der Waals surface area contributed by atoms with Crippen molar-refractivity contribution in [1.82, 2.24) is 0 Å². The second-order valence-electron chi connectivity index (χ2n) is 19.5. The number of benzene rings is 4. The molecule has 4 aromatic rings. The van der Waals surface area contributed by atoms with Gasteiger partial charge in [0, 0.05) is 28.9 Å². The summed E-state index contributed by atoms with van der Waals surface area (Å²) in [5.74, 6) is -6.43. The first-order valence-electron chi connectivity index (χ1n) is 27.7. The summed E-state index contributed by atoms with van der Waals surface area (Å²) in [5.41, 5.74) is 0.724. The summed E-state index contributed by atoms with van der Waals surface area (Å²) in [6.45, 7) is 17.1. The number of carbonyl (C=O) groups is 9. The smallest absolute Gasteiger partial charge is 0.343 e. The van der Waals surface area contributed by atoms with E-state index in [2.05, 4.69) is 26.3 Å². The Bertz CT molecular complexity index is 3110. The number of ether oxygens (including phenoxy) is 13. The molecule has 1 aliphatic heterocycles. The minimum Gasteiger partial charge on any atom is -0.494 e. The molecule has 0 aromatic heterocycles. The largest absolute Gasteiger partial charge is 0.494 e. The zero-order valence-electron chi connectivity index (χ0n) is 47.9. The normalized spacial score (nSPS) is 15.8. The minimum atomic E-state index is -0.986. The van der Waals surface area contributed by atoms with Crippen LogP contribution < -0.4 is 28.4 Å². The van der Waals surface area contributed by atoms with Crippen LogP contribution in [-0.2, 0) is 61.9 Å². The molecule has 22 nitrogen and oxygen atoms in total. The maximum Gasteiger partial charge on any atom is 0.343 e. The van der Waals surface area contributed by atoms with E-state index in [1.165, 1.54) is 74.5 Å². The number of hydrogen-bond donors (Lipinski definition) is 0. The number of hydrogen-bond acceptors (Lipinski definition) is 22. The predicted molar refractivity (Wildman–Crippen MR) is 304 cm³/mol. The van der Waals surface area contributed by atoms with Crippen molar-refractivity contribution in [2.75, 3.05) is 52.9 Å². The van der Waals surface area contributed by atoms with E-state index in [9.17, 15) is 43.2 Å². The average molecular weight is 1190 g/mol. The topological polar surface area (TPSA) is 277 Å². The molecule has 0 N–H and O–H groups in total. The summed E-state index contributed by atoms with van der Waals surface area (Å²) in [5, 5.41) is 0. The van der Waals surface area contributed by atoms with Crippen molar-refractivity contribution in [2.24, 2.45) is 11.8 Å². The molecule has 86 heavy (non-hydrogen) atoms. The first-order valence-corrected chi connectivity index (χ1v) is 27.7. The van der Waals surface area contributed by atoms with Crippen molar-refractivity contribution in [3.8, 4) is 34.5 Å². The number of esters is 9. The fourth-order valence-corrected chi connectivity index (χ4v) is 8.18. The zero-order valence-corrected chi connectivity index (χ0v) is 47.9.